The Hall–Kier alpha value is -3.04. The normalized spacial score (nSPS) is 32.8. The predicted molar refractivity (Wildman–Crippen MR) is 140 cm³/mol. The first-order valence-electron chi connectivity index (χ1n) is 13.2. The summed E-state index contributed by atoms with van der Waals surface area (Å²) < 4.78 is 45.7. The lowest BCUT2D eigenvalue weighted by Crippen LogP contribution is -2.60. The van der Waals surface area contributed by atoms with Gasteiger partial charge in [-0.3, -0.25) is 0 Å². The van der Waals surface area contributed by atoms with Gasteiger partial charge in [-0.15, -0.1) is 0 Å². The molecule has 0 saturated carbocycles. The Morgan fingerprint density at radius 1 is 0.683 bits per heavy atom. The molecule has 0 bridgehead atoms. The van der Waals surface area contributed by atoms with Crippen molar-refractivity contribution in [3.8, 4) is 34.5 Å². The van der Waals surface area contributed by atoms with Crippen LogP contribution >= 0.6 is 0 Å². The van der Waals surface area contributed by atoms with Gasteiger partial charge in [0.1, 0.15) is 24.4 Å². The van der Waals surface area contributed by atoms with Crippen molar-refractivity contribution in [1.82, 2.24) is 0 Å². The summed E-state index contributed by atoms with van der Waals surface area (Å²) in [6.45, 7) is -0.587. The van der Waals surface area contributed by atoms with Crippen LogP contribution < -0.4 is 23.7 Å². The van der Waals surface area contributed by atoms with Crippen LogP contribution in [0.15, 0.2) is 24.3 Å². The number of phenols is 1. The van der Waals surface area contributed by atoms with Gasteiger partial charge in [-0.05, 0) is 35.4 Å². The fourth-order valence-electron chi connectivity index (χ4n) is 5.56. The molecule has 3 aliphatic rings. The molecule has 226 valence electrons. The second-order valence-corrected chi connectivity index (χ2v) is 10.1. The first kappa shape index (κ1) is 29.5. The molecule has 41 heavy (non-hydrogen) atoms. The molecule has 9 atom stereocenters. The van der Waals surface area contributed by atoms with E-state index in [9.17, 15) is 25.5 Å². The van der Waals surface area contributed by atoms with Crippen molar-refractivity contribution >= 4 is 0 Å². The number of phenolic OH excluding ortho intramolecular Hbond substituents is 1. The predicted octanol–water partition coefficient (Wildman–Crippen LogP) is 0.965. The largest absolute Gasteiger partial charge is 0.502 e. The molecular weight excluding hydrogens is 544 g/mol. The highest BCUT2D eigenvalue weighted by molar-refractivity contribution is 5.55. The zero-order valence-corrected chi connectivity index (χ0v) is 23.1. The Morgan fingerprint density at radius 3 is 1.59 bits per heavy atom. The van der Waals surface area contributed by atoms with E-state index in [2.05, 4.69) is 0 Å². The zero-order chi connectivity index (χ0) is 29.4. The Kier molecular flexibility index (Phi) is 8.66. The molecule has 0 aliphatic carbocycles. The minimum absolute atomic E-state index is 0.0740. The van der Waals surface area contributed by atoms with Crippen LogP contribution in [0.3, 0.4) is 0 Å². The van der Waals surface area contributed by atoms with Gasteiger partial charge in [0, 0.05) is 12.8 Å². The second-order valence-electron chi connectivity index (χ2n) is 10.1. The van der Waals surface area contributed by atoms with Gasteiger partial charge in [-0.2, -0.15) is 0 Å². The van der Waals surface area contributed by atoms with Gasteiger partial charge >= 0.3 is 0 Å². The topological polar surface area (TPSA) is 175 Å². The summed E-state index contributed by atoms with van der Waals surface area (Å²) >= 11 is 0. The molecular formula is C28H36O13. The quantitative estimate of drug-likeness (QED) is 0.284. The zero-order valence-electron chi connectivity index (χ0n) is 23.1. The van der Waals surface area contributed by atoms with E-state index in [4.69, 9.17) is 37.9 Å². The van der Waals surface area contributed by atoms with Crippen molar-refractivity contribution in [2.75, 3.05) is 35.0 Å². The third-order valence-corrected chi connectivity index (χ3v) is 7.80. The number of fused-ring (bicyclic) bond motifs is 1. The second kappa shape index (κ2) is 12.1. The highest BCUT2D eigenvalue weighted by Gasteiger charge is 2.47. The van der Waals surface area contributed by atoms with Crippen molar-refractivity contribution in [2.24, 2.45) is 0 Å². The molecule has 13 nitrogen and oxygen atoms in total. The average Bonchev–Trinajstić information content (AvgIpc) is 3.57. The van der Waals surface area contributed by atoms with E-state index in [-0.39, 0.29) is 47.4 Å². The van der Waals surface area contributed by atoms with Gasteiger partial charge in [0.2, 0.25) is 17.8 Å². The molecule has 3 heterocycles. The fourth-order valence-corrected chi connectivity index (χ4v) is 5.56. The molecule has 3 saturated heterocycles. The molecule has 3 aliphatic heterocycles. The first-order chi connectivity index (χ1) is 19.7. The fraction of sp³-hybridized carbons (Fsp3) is 0.571. The molecule has 2 aromatic carbocycles. The van der Waals surface area contributed by atoms with Gasteiger partial charge in [-0.25, -0.2) is 0 Å². The lowest BCUT2D eigenvalue weighted by atomic mass is 9.99. The molecule has 0 amide bonds. The number of aliphatic hydroxyl groups excluding tert-OH is 4. The SMILES string of the molecule is COc1cc(C2CC3OC(c4cc(OC)c(OC5OC(CO)C(O)C(O)C5O)c(OC)c4)CC3O2)cc(OC)c1O. The number of hydrogen-bond donors (Lipinski definition) is 5. The molecule has 13 heteroatoms. The summed E-state index contributed by atoms with van der Waals surface area (Å²) in [5.74, 6) is 1.15. The number of methoxy groups -OCH3 is 4. The van der Waals surface area contributed by atoms with Gasteiger partial charge < -0.3 is 63.4 Å². The number of rotatable bonds is 9. The Labute approximate surface area is 236 Å². The van der Waals surface area contributed by atoms with Crippen molar-refractivity contribution in [3.05, 3.63) is 35.4 Å². The van der Waals surface area contributed by atoms with Crippen LogP contribution in [0, 0.1) is 0 Å². The van der Waals surface area contributed by atoms with Crippen LogP contribution in [-0.4, -0.2) is 103 Å². The van der Waals surface area contributed by atoms with E-state index >= 15 is 0 Å². The van der Waals surface area contributed by atoms with Crippen LogP contribution in [-0.2, 0) is 14.2 Å². The van der Waals surface area contributed by atoms with Crippen LogP contribution in [0.25, 0.3) is 0 Å². The van der Waals surface area contributed by atoms with Crippen LogP contribution in [0.2, 0.25) is 0 Å². The van der Waals surface area contributed by atoms with E-state index in [1.807, 2.05) is 0 Å². The number of aliphatic hydroxyl groups is 4. The van der Waals surface area contributed by atoms with Gasteiger partial charge in [0.15, 0.2) is 23.0 Å². The highest BCUT2D eigenvalue weighted by Crippen LogP contribution is 2.50. The lowest BCUT2D eigenvalue weighted by molar-refractivity contribution is -0.277. The van der Waals surface area contributed by atoms with Crippen LogP contribution in [0.4, 0.5) is 0 Å². The number of benzene rings is 2. The molecule has 3 fully saturated rings. The molecule has 0 spiro atoms. The smallest absolute Gasteiger partial charge is 0.229 e. The standard InChI is InChI=1S/C28H36O13/c1-34-18-5-12(6-19(35-2)23(18)30)14-9-16-17(38-14)10-15(39-16)13-7-20(36-3)27(21(8-13)37-4)41-28-26(33)25(32)24(31)22(11-29)40-28/h5-8,14-17,22,24-26,28-33H,9-11H2,1-4H3. The van der Waals surface area contributed by atoms with E-state index < -0.39 is 37.3 Å². The summed E-state index contributed by atoms with van der Waals surface area (Å²) in [7, 11) is 5.83. The van der Waals surface area contributed by atoms with Crippen molar-refractivity contribution < 1.29 is 63.4 Å². The maximum Gasteiger partial charge on any atom is 0.229 e. The third-order valence-electron chi connectivity index (χ3n) is 7.80. The number of ether oxygens (including phenoxy) is 8. The highest BCUT2D eigenvalue weighted by atomic mass is 16.7. The first-order valence-corrected chi connectivity index (χ1v) is 13.2. The minimum atomic E-state index is -1.60. The summed E-state index contributed by atoms with van der Waals surface area (Å²) in [5, 5.41) is 50.3. The van der Waals surface area contributed by atoms with Gasteiger partial charge in [0.05, 0.1) is 59.5 Å². The maximum absolute atomic E-state index is 10.4. The maximum atomic E-state index is 10.4. The molecule has 9 unspecified atom stereocenters. The molecule has 0 radical (unpaired) electrons. The van der Waals surface area contributed by atoms with E-state index in [1.165, 1.54) is 28.4 Å². The van der Waals surface area contributed by atoms with Crippen LogP contribution in [0.1, 0.15) is 36.2 Å². The third kappa shape index (κ3) is 5.46. The Balaban J connectivity index is 1.32. The van der Waals surface area contributed by atoms with E-state index in [0.29, 0.717) is 24.3 Å². The molecule has 5 N–H and O–H groups in total. The minimum Gasteiger partial charge on any atom is -0.502 e. The summed E-state index contributed by atoms with van der Waals surface area (Å²) in [6.07, 6.45) is -7.07. The van der Waals surface area contributed by atoms with E-state index in [0.717, 1.165) is 11.1 Å². The summed E-state index contributed by atoms with van der Waals surface area (Å²) in [4.78, 5) is 0. The Morgan fingerprint density at radius 2 is 1.15 bits per heavy atom. The van der Waals surface area contributed by atoms with Gasteiger partial charge in [-0.1, -0.05) is 0 Å². The molecule has 0 aromatic heterocycles. The lowest BCUT2D eigenvalue weighted by Gasteiger charge is -2.39. The number of aromatic hydroxyl groups is 1. The van der Waals surface area contributed by atoms with Gasteiger partial charge in [0.25, 0.3) is 0 Å². The average molecular weight is 581 g/mol. The molecule has 2 aromatic rings. The van der Waals surface area contributed by atoms with Crippen LogP contribution in [0.5, 0.6) is 34.5 Å². The Bertz CT molecular complexity index is 1160. The monoisotopic (exact) mass is 580 g/mol. The summed E-state index contributed by atoms with van der Waals surface area (Å²) in [6, 6.07) is 6.90. The van der Waals surface area contributed by atoms with Crippen molar-refractivity contribution in [3.63, 3.8) is 0 Å². The molecule has 5 rings (SSSR count). The van der Waals surface area contributed by atoms with Crippen molar-refractivity contribution in [2.45, 2.75) is 68.0 Å². The van der Waals surface area contributed by atoms with Crippen molar-refractivity contribution in [1.29, 1.82) is 0 Å². The summed E-state index contributed by atoms with van der Waals surface area (Å²) in [5.41, 5.74) is 1.56. The number of hydrogen-bond acceptors (Lipinski definition) is 13. The van der Waals surface area contributed by atoms with E-state index in [1.54, 1.807) is 24.3 Å².